The number of fused-ring (bicyclic) bond motifs is 2. The van der Waals surface area contributed by atoms with Crippen LogP contribution in [0.15, 0.2) is 148 Å². The van der Waals surface area contributed by atoms with Gasteiger partial charge >= 0.3 is 5.97 Å². The lowest BCUT2D eigenvalue weighted by Gasteiger charge is -2.32. The fraction of sp³-hybridized carbons (Fsp3) is 0.132. The van der Waals surface area contributed by atoms with Gasteiger partial charge in [0.1, 0.15) is 34.3 Å². The van der Waals surface area contributed by atoms with Crippen molar-refractivity contribution in [2.24, 2.45) is 0 Å². The van der Waals surface area contributed by atoms with E-state index in [1.807, 2.05) is 83.8 Å². The standard InChI is InChI=1S/C28H26FN3O3.C25H18FNO4/c1-30-27(33)25-23-17-20(8-11-24(23)35-26(25)18-6-9-22(29)10-7-18)19-4-3-5-21(16-19)28(34)32-14-12-31(2)13-15-32;1-27-25(30)23-20-14-17(19-5-3-2-4-15(19)9-13-22(28)29)8-12-21(20)31-24(23)16-6-10-18(26)11-7-16/h3-11,16-17H,12-15H2,1-2H3,(H,30,33);2-14H,1H3,(H,27,30)(H,28,29)/b;13-9+. The Hall–Kier alpha value is -8.16. The minimum Gasteiger partial charge on any atom is -0.478 e. The van der Waals surface area contributed by atoms with E-state index < -0.39 is 5.97 Å². The molecule has 2 aromatic heterocycles. The van der Waals surface area contributed by atoms with E-state index in [1.54, 1.807) is 37.4 Å². The third-order valence-electron chi connectivity index (χ3n) is 11.4. The summed E-state index contributed by atoms with van der Waals surface area (Å²) in [5.41, 5.74) is 7.73. The van der Waals surface area contributed by atoms with Crippen LogP contribution in [0.1, 0.15) is 36.6 Å². The van der Waals surface area contributed by atoms with Crippen LogP contribution in [-0.4, -0.2) is 85.9 Å². The molecule has 0 bridgehead atoms. The molecule has 9 rings (SSSR count). The summed E-state index contributed by atoms with van der Waals surface area (Å²) in [4.78, 5) is 53.7. The second kappa shape index (κ2) is 19.3. The molecule has 8 aromatic rings. The average molecular weight is 887 g/mol. The lowest BCUT2D eigenvalue weighted by molar-refractivity contribution is -0.131. The van der Waals surface area contributed by atoms with Gasteiger partial charge in [-0.15, -0.1) is 0 Å². The summed E-state index contributed by atoms with van der Waals surface area (Å²) in [5, 5.41) is 15.5. The predicted octanol–water partition coefficient (Wildman–Crippen LogP) is 10.0. The van der Waals surface area contributed by atoms with E-state index in [-0.39, 0.29) is 29.4 Å². The van der Waals surface area contributed by atoms with Crippen molar-refractivity contribution in [2.75, 3.05) is 47.3 Å². The molecule has 0 aliphatic carbocycles. The first-order valence-electron chi connectivity index (χ1n) is 21.1. The Morgan fingerprint density at radius 1 is 0.591 bits per heavy atom. The number of benzene rings is 6. The monoisotopic (exact) mass is 886 g/mol. The van der Waals surface area contributed by atoms with Crippen LogP contribution >= 0.6 is 0 Å². The van der Waals surface area contributed by atoms with E-state index >= 15 is 0 Å². The highest BCUT2D eigenvalue weighted by Crippen LogP contribution is 2.38. The highest BCUT2D eigenvalue weighted by Gasteiger charge is 2.25. The number of furan rings is 2. The highest BCUT2D eigenvalue weighted by atomic mass is 19.1. The molecule has 6 aromatic carbocycles. The molecule has 11 nitrogen and oxygen atoms in total. The second-order valence-corrected chi connectivity index (χ2v) is 15.6. The fourth-order valence-electron chi connectivity index (χ4n) is 7.94. The van der Waals surface area contributed by atoms with E-state index in [0.29, 0.717) is 74.4 Å². The Bertz CT molecular complexity index is 3150. The normalized spacial score (nSPS) is 12.8. The SMILES string of the molecule is CNC(=O)c1c(-c2ccc(F)cc2)oc2ccc(-c3cccc(C(=O)N4CCN(C)CC4)c3)cc12.CNC(=O)c1c(-c2ccc(F)cc2)oc2ccc(-c3ccccc3/C=C/C(=O)O)cc12. The number of likely N-dealkylation sites (N-methyl/N-ethyl adjacent to an activating group) is 1. The van der Waals surface area contributed by atoms with E-state index in [1.165, 1.54) is 37.4 Å². The van der Waals surface area contributed by atoms with Crippen LogP contribution in [0.5, 0.6) is 0 Å². The molecular weight excluding hydrogens is 843 g/mol. The van der Waals surface area contributed by atoms with Gasteiger partial charge in [-0.1, -0.05) is 48.5 Å². The Labute approximate surface area is 378 Å². The minimum absolute atomic E-state index is 0.0222. The van der Waals surface area contributed by atoms with Crippen molar-refractivity contribution < 1.29 is 41.9 Å². The van der Waals surface area contributed by atoms with E-state index in [4.69, 9.17) is 13.9 Å². The number of carbonyl (C=O) groups excluding carboxylic acids is 3. The lowest BCUT2D eigenvalue weighted by atomic mass is 9.96. The molecule has 0 atom stereocenters. The van der Waals surface area contributed by atoms with Crippen molar-refractivity contribution in [3.8, 4) is 44.9 Å². The molecule has 1 saturated heterocycles. The van der Waals surface area contributed by atoms with Crippen molar-refractivity contribution in [3.05, 3.63) is 173 Å². The van der Waals surface area contributed by atoms with Gasteiger partial charge in [0.05, 0.1) is 11.1 Å². The van der Waals surface area contributed by atoms with Crippen LogP contribution in [0.3, 0.4) is 0 Å². The van der Waals surface area contributed by atoms with Gasteiger partial charge < -0.3 is 34.4 Å². The number of nitrogens with zero attached hydrogens (tertiary/aromatic N) is 2. The minimum atomic E-state index is -1.04. The number of rotatable bonds is 9. The molecule has 1 fully saturated rings. The maximum absolute atomic E-state index is 13.5. The van der Waals surface area contributed by atoms with Gasteiger partial charge in [0, 0.05) is 73.8 Å². The van der Waals surface area contributed by atoms with Gasteiger partial charge in [0.25, 0.3) is 17.7 Å². The summed E-state index contributed by atoms with van der Waals surface area (Å²) >= 11 is 0. The first kappa shape index (κ1) is 44.4. The van der Waals surface area contributed by atoms with Crippen LogP contribution in [-0.2, 0) is 4.79 Å². The number of carbonyl (C=O) groups is 4. The largest absolute Gasteiger partial charge is 0.478 e. The number of hydrogen-bond acceptors (Lipinski definition) is 7. The summed E-state index contributed by atoms with van der Waals surface area (Å²) in [6, 6.07) is 37.6. The molecule has 1 aliphatic heterocycles. The highest BCUT2D eigenvalue weighted by molar-refractivity contribution is 6.13. The summed E-state index contributed by atoms with van der Waals surface area (Å²) in [6.45, 7) is 3.15. The smallest absolute Gasteiger partial charge is 0.328 e. The molecule has 66 heavy (non-hydrogen) atoms. The molecular formula is C53H44F2N4O7. The molecule has 13 heteroatoms. The third kappa shape index (κ3) is 9.37. The number of aliphatic carboxylic acids is 1. The average Bonchev–Trinajstić information content (AvgIpc) is 3.92. The van der Waals surface area contributed by atoms with E-state index in [9.17, 15) is 28.0 Å². The molecule has 0 unspecified atom stereocenters. The first-order chi connectivity index (χ1) is 31.9. The van der Waals surface area contributed by atoms with Crippen molar-refractivity contribution >= 4 is 51.7 Å². The molecule has 0 spiro atoms. The molecule has 0 saturated carbocycles. The summed E-state index contributed by atoms with van der Waals surface area (Å²) in [7, 11) is 5.15. The summed E-state index contributed by atoms with van der Waals surface area (Å²) < 4.78 is 38.8. The molecule has 0 radical (unpaired) electrons. The third-order valence-corrected chi connectivity index (χ3v) is 11.4. The molecule has 3 N–H and O–H groups in total. The van der Waals surface area contributed by atoms with Crippen LogP contribution in [0.4, 0.5) is 8.78 Å². The quantitative estimate of drug-likeness (QED) is 0.122. The number of carboxylic acids is 1. The topological polar surface area (TPSA) is 145 Å². The number of hydrogen-bond donors (Lipinski definition) is 3. The van der Waals surface area contributed by atoms with Crippen molar-refractivity contribution in [2.45, 2.75) is 0 Å². The Balaban J connectivity index is 0.000000181. The Morgan fingerprint density at radius 3 is 1.64 bits per heavy atom. The first-order valence-corrected chi connectivity index (χ1v) is 21.1. The zero-order chi connectivity index (χ0) is 46.5. The molecule has 3 heterocycles. The maximum atomic E-state index is 13.5. The van der Waals surface area contributed by atoms with E-state index in [2.05, 4.69) is 22.6 Å². The zero-order valence-corrected chi connectivity index (χ0v) is 36.2. The molecule has 1 aliphatic rings. The van der Waals surface area contributed by atoms with Crippen LogP contribution < -0.4 is 10.6 Å². The fourth-order valence-corrected chi connectivity index (χ4v) is 7.94. The van der Waals surface area contributed by atoms with Crippen LogP contribution in [0.25, 0.3) is 72.9 Å². The van der Waals surface area contributed by atoms with Crippen molar-refractivity contribution in [1.82, 2.24) is 20.4 Å². The number of piperazine rings is 1. The summed E-state index contributed by atoms with van der Waals surface area (Å²) in [5.74, 6) is -1.64. The van der Waals surface area contributed by atoms with Gasteiger partial charge in [-0.25, -0.2) is 13.6 Å². The van der Waals surface area contributed by atoms with Gasteiger partial charge in [0.2, 0.25) is 0 Å². The predicted molar refractivity (Wildman–Crippen MR) is 251 cm³/mol. The Morgan fingerprint density at radius 2 is 1.09 bits per heavy atom. The maximum Gasteiger partial charge on any atom is 0.328 e. The van der Waals surface area contributed by atoms with Crippen molar-refractivity contribution in [1.29, 1.82) is 0 Å². The van der Waals surface area contributed by atoms with Gasteiger partial charge in [-0.2, -0.15) is 0 Å². The number of amides is 3. The van der Waals surface area contributed by atoms with Crippen LogP contribution in [0.2, 0.25) is 0 Å². The van der Waals surface area contributed by atoms with Crippen LogP contribution in [0, 0.1) is 11.6 Å². The number of carboxylic acid groups (broad SMARTS) is 1. The lowest BCUT2D eigenvalue weighted by Crippen LogP contribution is -2.47. The van der Waals surface area contributed by atoms with Gasteiger partial charge in [-0.05, 0) is 126 Å². The van der Waals surface area contributed by atoms with E-state index in [0.717, 1.165) is 47.0 Å². The van der Waals surface area contributed by atoms with Gasteiger partial charge in [-0.3, -0.25) is 14.4 Å². The Kier molecular flexibility index (Phi) is 13.0. The zero-order valence-electron chi connectivity index (χ0n) is 36.2. The van der Waals surface area contributed by atoms with Gasteiger partial charge in [0.15, 0.2) is 0 Å². The second-order valence-electron chi connectivity index (χ2n) is 15.6. The van der Waals surface area contributed by atoms with Crippen molar-refractivity contribution in [3.63, 3.8) is 0 Å². The summed E-state index contributed by atoms with van der Waals surface area (Å²) in [6.07, 6.45) is 2.61. The molecule has 3 amide bonds. The number of halogens is 2. The molecule has 332 valence electrons. The number of nitrogens with one attached hydrogen (secondary N) is 2.